The maximum absolute atomic E-state index is 12.0. The van der Waals surface area contributed by atoms with Gasteiger partial charge in [-0.25, -0.2) is 13.1 Å². The van der Waals surface area contributed by atoms with E-state index in [1.165, 1.54) is 18.2 Å². The van der Waals surface area contributed by atoms with Crippen molar-refractivity contribution in [2.45, 2.75) is 24.7 Å². The molecule has 1 aromatic rings. The summed E-state index contributed by atoms with van der Waals surface area (Å²) in [7, 11) is -3.74. The van der Waals surface area contributed by atoms with Gasteiger partial charge in [0.1, 0.15) is 4.90 Å². The van der Waals surface area contributed by atoms with E-state index < -0.39 is 10.0 Å². The van der Waals surface area contributed by atoms with E-state index >= 15 is 0 Å². The molecule has 1 N–H and O–H groups in total. The number of carbonyl (C=O) groups is 1. The summed E-state index contributed by atoms with van der Waals surface area (Å²) in [5.74, 6) is -0.354. The van der Waals surface area contributed by atoms with E-state index in [1.54, 1.807) is 6.92 Å². The van der Waals surface area contributed by atoms with Gasteiger partial charge < -0.3 is 4.74 Å². The highest BCUT2D eigenvalue weighted by molar-refractivity contribution is 7.89. The van der Waals surface area contributed by atoms with Crippen LogP contribution < -0.4 is 4.72 Å². The van der Waals surface area contributed by atoms with Gasteiger partial charge in [-0.2, -0.15) is 0 Å². The number of nitrogens with one attached hydrogen (secondary N) is 1. The third-order valence-corrected chi connectivity index (χ3v) is 4.80. The van der Waals surface area contributed by atoms with E-state index in [-0.39, 0.29) is 33.9 Å². The van der Waals surface area contributed by atoms with E-state index in [0.29, 0.717) is 13.0 Å². The predicted molar refractivity (Wildman–Crippen MR) is 77.5 cm³/mol. The molecule has 1 rings (SSSR count). The molecule has 0 fully saturated rings. The highest BCUT2D eigenvalue weighted by Crippen LogP contribution is 2.28. The second kappa shape index (κ2) is 7.83. The number of esters is 1. The van der Waals surface area contributed by atoms with Crippen molar-refractivity contribution in [3.63, 3.8) is 0 Å². The number of benzene rings is 1. The normalized spacial score (nSPS) is 11.3. The summed E-state index contributed by atoms with van der Waals surface area (Å²) < 4.78 is 31.1. The van der Waals surface area contributed by atoms with Crippen LogP contribution in [0.15, 0.2) is 23.1 Å². The fourth-order valence-corrected chi connectivity index (χ4v) is 3.28. The molecule has 0 aliphatic carbocycles. The van der Waals surface area contributed by atoms with Gasteiger partial charge in [0.05, 0.1) is 16.7 Å². The Morgan fingerprint density at radius 3 is 2.70 bits per heavy atom. The lowest BCUT2D eigenvalue weighted by Gasteiger charge is -2.09. The van der Waals surface area contributed by atoms with Crippen molar-refractivity contribution in [3.8, 4) is 0 Å². The summed E-state index contributed by atoms with van der Waals surface area (Å²) in [6, 6.07) is 4.37. The van der Waals surface area contributed by atoms with E-state index in [0.717, 1.165) is 0 Å². The Morgan fingerprint density at radius 2 is 2.05 bits per heavy atom. The van der Waals surface area contributed by atoms with Gasteiger partial charge in [-0.05, 0) is 25.5 Å². The number of ether oxygens (including phenoxy) is 1. The first kappa shape index (κ1) is 17.2. The average molecular weight is 340 g/mol. The first-order valence-corrected chi connectivity index (χ1v) is 8.21. The second-order valence-corrected chi connectivity index (χ2v) is 6.38. The molecule has 0 unspecified atom stereocenters. The van der Waals surface area contributed by atoms with Crippen molar-refractivity contribution in [1.29, 1.82) is 0 Å². The number of hydrogen-bond acceptors (Lipinski definition) is 4. The second-order valence-electron chi connectivity index (χ2n) is 3.86. The summed E-state index contributed by atoms with van der Waals surface area (Å²) in [4.78, 5) is 11.0. The summed E-state index contributed by atoms with van der Waals surface area (Å²) in [5, 5.41) is 0.146. The van der Waals surface area contributed by atoms with Gasteiger partial charge in [-0.1, -0.05) is 29.3 Å². The van der Waals surface area contributed by atoms with Crippen LogP contribution in [-0.2, 0) is 19.6 Å². The molecular formula is C12H15Cl2NO4S. The Hall–Kier alpha value is -0.820. The number of rotatable bonds is 7. The minimum atomic E-state index is -3.74. The van der Waals surface area contributed by atoms with Gasteiger partial charge in [0.25, 0.3) is 0 Å². The first-order valence-electron chi connectivity index (χ1n) is 5.97. The van der Waals surface area contributed by atoms with Crippen molar-refractivity contribution < 1.29 is 17.9 Å². The zero-order valence-corrected chi connectivity index (χ0v) is 13.2. The van der Waals surface area contributed by atoms with Crippen molar-refractivity contribution in [2.24, 2.45) is 0 Å². The standard InChI is InChI=1S/C12H15Cl2NO4S/c1-2-19-11(16)7-4-8-15-20(17,18)10-6-3-5-9(13)12(10)14/h3,5-6,15H,2,4,7-8H2,1H3. The average Bonchev–Trinajstić information content (AvgIpc) is 2.38. The molecule has 1 aromatic carbocycles. The zero-order valence-electron chi connectivity index (χ0n) is 10.9. The highest BCUT2D eigenvalue weighted by atomic mass is 35.5. The fraction of sp³-hybridized carbons (Fsp3) is 0.417. The predicted octanol–water partition coefficient (Wildman–Crippen LogP) is 2.62. The Kier molecular flexibility index (Phi) is 6.75. The van der Waals surface area contributed by atoms with Crippen LogP contribution in [0.5, 0.6) is 0 Å². The Balaban J connectivity index is 2.58. The van der Waals surface area contributed by atoms with E-state index in [2.05, 4.69) is 4.72 Å². The van der Waals surface area contributed by atoms with Gasteiger partial charge in [0.15, 0.2) is 0 Å². The Bertz CT molecular complexity index is 575. The van der Waals surface area contributed by atoms with Crippen molar-refractivity contribution >= 4 is 39.2 Å². The van der Waals surface area contributed by atoms with Crippen molar-refractivity contribution in [1.82, 2.24) is 4.72 Å². The molecule has 0 aromatic heterocycles. The fourth-order valence-electron chi connectivity index (χ4n) is 1.44. The minimum absolute atomic E-state index is 0.0212. The smallest absolute Gasteiger partial charge is 0.305 e. The number of hydrogen-bond donors (Lipinski definition) is 1. The van der Waals surface area contributed by atoms with E-state index in [9.17, 15) is 13.2 Å². The van der Waals surface area contributed by atoms with Gasteiger partial charge in [-0.15, -0.1) is 0 Å². The lowest BCUT2D eigenvalue weighted by atomic mass is 10.3. The molecule has 5 nitrogen and oxygen atoms in total. The van der Waals surface area contributed by atoms with Crippen LogP contribution in [0.1, 0.15) is 19.8 Å². The van der Waals surface area contributed by atoms with Crippen molar-refractivity contribution in [3.05, 3.63) is 28.2 Å². The molecule has 0 atom stereocenters. The van der Waals surface area contributed by atoms with Crippen LogP contribution in [0, 0.1) is 0 Å². The summed E-state index contributed by atoms with van der Waals surface area (Å²) >= 11 is 11.6. The molecule has 0 bridgehead atoms. The topological polar surface area (TPSA) is 72.5 Å². The van der Waals surface area contributed by atoms with Gasteiger partial charge in [0.2, 0.25) is 10.0 Å². The molecule has 112 valence electrons. The molecule has 20 heavy (non-hydrogen) atoms. The molecule has 0 amide bonds. The maximum Gasteiger partial charge on any atom is 0.305 e. The molecule has 0 heterocycles. The largest absolute Gasteiger partial charge is 0.466 e. The van der Waals surface area contributed by atoms with Crippen LogP contribution >= 0.6 is 23.2 Å². The molecule has 0 radical (unpaired) electrons. The van der Waals surface area contributed by atoms with Crippen LogP contribution in [-0.4, -0.2) is 27.5 Å². The van der Waals surface area contributed by atoms with Crippen molar-refractivity contribution in [2.75, 3.05) is 13.2 Å². The number of carbonyl (C=O) groups excluding carboxylic acids is 1. The molecule has 0 spiro atoms. The van der Waals surface area contributed by atoms with Crippen LogP contribution in [0.3, 0.4) is 0 Å². The number of sulfonamides is 1. The number of halogens is 2. The maximum atomic E-state index is 12.0. The Labute approximate surface area is 128 Å². The quantitative estimate of drug-likeness (QED) is 0.612. The SMILES string of the molecule is CCOC(=O)CCCNS(=O)(=O)c1cccc(Cl)c1Cl. The van der Waals surface area contributed by atoms with Gasteiger partial charge >= 0.3 is 5.97 Å². The van der Waals surface area contributed by atoms with Crippen LogP contribution in [0.25, 0.3) is 0 Å². The molecule has 0 saturated carbocycles. The van der Waals surface area contributed by atoms with Crippen LogP contribution in [0.2, 0.25) is 10.0 Å². The van der Waals surface area contributed by atoms with E-state index in [1.807, 2.05) is 0 Å². The molecule has 8 heteroatoms. The van der Waals surface area contributed by atoms with Gasteiger partial charge in [0, 0.05) is 13.0 Å². The van der Waals surface area contributed by atoms with E-state index in [4.69, 9.17) is 27.9 Å². The summed E-state index contributed by atoms with van der Waals surface area (Å²) in [6.07, 6.45) is 0.496. The van der Waals surface area contributed by atoms with Crippen LogP contribution in [0.4, 0.5) is 0 Å². The monoisotopic (exact) mass is 339 g/mol. The third-order valence-electron chi connectivity index (χ3n) is 2.36. The highest BCUT2D eigenvalue weighted by Gasteiger charge is 2.18. The van der Waals surface area contributed by atoms with Gasteiger partial charge in [-0.3, -0.25) is 4.79 Å². The Morgan fingerprint density at radius 1 is 1.35 bits per heavy atom. The molecular weight excluding hydrogens is 325 g/mol. The lowest BCUT2D eigenvalue weighted by molar-refractivity contribution is -0.143. The third kappa shape index (κ3) is 4.94. The minimum Gasteiger partial charge on any atom is -0.466 e. The molecule has 0 saturated heterocycles. The first-order chi connectivity index (χ1) is 9.38. The zero-order chi connectivity index (χ0) is 15.2. The summed E-state index contributed by atoms with van der Waals surface area (Å²) in [5.41, 5.74) is 0. The summed E-state index contributed by atoms with van der Waals surface area (Å²) in [6.45, 7) is 2.13. The molecule has 0 aliphatic rings. The lowest BCUT2D eigenvalue weighted by Crippen LogP contribution is -2.25. The molecule has 0 aliphatic heterocycles.